The highest BCUT2D eigenvalue weighted by Crippen LogP contribution is 2.24. The minimum absolute atomic E-state index is 0.0229. The second-order valence-corrected chi connectivity index (χ2v) is 8.55. The molecule has 11 heteroatoms. The first-order valence-electron chi connectivity index (χ1n) is 10.3. The smallest absolute Gasteiger partial charge is 0.356 e. The van der Waals surface area contributed by atoms with Crippen molar-refractivity contribution in [3.05, 3.63) is 23.8 Å². The van der Waals surface area contributed by atoms with Gasteiger partial charge in [0.05, 0.1) is 0 Å². The summed E-state index contributed by atoms with van der Waals surface area (Å²) < 4.78 is 0. The van der Waals surface area contributed by atoms with Crippen LogP contribution >= 0.6 is 11.8 Å². The highest BCUT2D eigenvalue weighted by Gasteiger charge is 2.28. The van der Waals surface area contributed by atoms with Crippen LogP contribution in [0.2, 0.25) is 0 Å². The summed E-state index contributed by atoms with van der Waals surface area (Å²) in [6, 6.07) is -0.126. The van der Waals surface area contributed by atoms with Gasteiger partial charge < -0.3 is 21.1 Å². The second-order valence-electron chi connectivity index (χ2n) is 7.32. The summed E-state index contributed by atoms with van der Waals surface area (Å²) in [6.07, 6.45) is 6.02. The van der Waals surface area contributed by atoms with E-state index in [1.807, 2.05) is 0 Å². The fraction of sp³-hybridized carbons (Fsp3) is 0.600. The summed E-state index contributed by atoms with van der Waals surface area (Å²) >= 11 is 1.74. The number of aromatic nitrogens is 2. The van der Waals surface area contributed by atoms with Gasteiger partial charge in [-0.1, -0.05) is 0 Å². The number of nitrogens with zero attached hydrogens (tertiary/aromatic N) is 2. The van der Waals surface area contributed by atoms with Gasteiger partial charge in [0.15, 0.2) is 11.4 Å². The summed E-state index contributed by atoms with van der Waals surface area (Å²) in [5, 5.41) is 17.7. The third kappa shape index (κ3) is 8.52. The number of thioether (sulfide) groups is 1. The van der Waals surface area contributed by atoms with E-state index in [1.54, 1.807) is 11.8 Å². The van der Waals surface area contributed by atoms with Gasteiger partial charge in [0.1, 0.15) is 0 Å². The van der Waals surface area contributed by atoms with Crippen molar-refractivity contribution < 1.29 is 24.3 Å². The number of hydrogen-bond acceptors (Lipinski definition) is 7. The molecular weight excluding hydrogens is 422 g/mol. The lowest BCUT2D eigenvalue weighted by atomic mass is 9.85. The number of nitrogens with one attached hydrogen (secondary N) is 3. The van der Waals surface area contributed by atoms with Crippen molar-refractivity contribution in [2.45, 2.75) is 45.1 Å². The summed E-state index contributed by atoms with van der Waals surface area (Å²) in [7, 11) is 0. The molecule has 1 aromatic heterocycles. The van der Waals surface area contributed by atoms with E-state index in [1.165, 1.54) is 19.3 Å². The number of hydrogen-bond donors (Lipinski definition) is 4. The molecular formula is C20H29N5O5S. The van der Waals surface area contributed by atoms with Crippen LogP contribution in [0, 0.1) is 5.92 Å². The second kappa shape index (κ2) is 12.9. The Morgan fingerprint density at radius 1 is 1.00 bits per heavy atom. The average Bonchev–Trinajstić information content (AvgIpc) is 2.75. The molecule has 0 saturated heterocycles. The predicted octanol–water partition coefficient (Wildman–Crippen LogP) is 0.839. The van der Waals surface area contributed by atoms with Gasteiger partial charge in [-0.05, 0) is 37.9 Å². The first-order chi connectivity index (χ1) is 14.9. The molecule has 1 heterocycles. The molecule has 1 fully saturated rings. The molecule has 2 rings (SSSR count). The normalized spacial score (nSPS) is 18.1. The zero-order chi connectivity index (χ0) is 22.6. The van der Waals surface area contributed by atoms with Crippen molar-refractivity contribution in [3.63, 3.8) is 0 Å². The molecule has 170 valence electrons. The van der Waals surface area contributed by atoms with Gasteiger partial charge in [-0.3, -0.25) is 14.4 Å². The van der Waals surface area contributed by atoms with Crippen molar-refractivity contribution >= 4 is 35.5 Å². The van der Waals surface area contributed by atoms with Gasteiger partial charge >= 0.3 is 5.97 Å². The molecule has 1 saturated carbocycles. The molecule has 1 aliphatic rings. The molecule has 0 aromatic carbocycles. The number of carboxylic acids is 1. The van der Waals surface area contributed by atoms with Crippen LogP contribution in [0.3, 0.4) is 0 Å². The number of carboxylic acid groups (broad SMARTS) is 1. The van der Waals surface area contributed by atoms with Gasteiger partial charge in [0.25, 0.3) is 5.91 Å². The summed E-state index contributed by atoms with van der Waals surface area (Å²) in [5.74, 6) is -0.184. The highest BCUT2D eigenvalue weighted by atomic mass is 32.2. The van der Waals surface area contributed by atoms with Crippen LogP contribution in [-0.4, -0.2) is 69.4 Å². The molecule has 0 atom stereocenters. The molecule has 0 aliphatic heterocycles. The molecule has 1 aliphatic carbocycles. The van der Waals surface area contributed by atoms with Crippen molar-refractivity contribution in [3.8, 4) is 0 Å². The Morgan fingerprint density at radius 3 is 2.32 bits per heavy atom. The lowest BCUT2D eigenvalue weighted by Crippen LogP contribution is -2.41. The Kier molecular flexibility index (Phi) is 10.2. The first kappa shape index (κ1) is 24.6. The van der Waals surface area contributed by atoms with Gasteiger partial charge in [-0.25, -0.2) is 14.8 Å². The monoisotopic (exact) mass is 451 g/mol. The van der Waals surface area contributed by atoms with Gasteiger partial charge in [0, 0.05) is 50.1 Å². The first-order valence-corrected chi connectivity index (χ1v) is 11.5. The quantitative estimate of drug-likeness (QED) is 0.361. The Balaban J connectivity index is 1.63. The predicted molar refractivity (Wildman–Crippen MR) is 116 cm³/mol. The van der Waals surface area contributed by atoms with E-state index in [0.717, 1.165) is 17.9 Å². The molecule has 0 radical (unpaired) electrons. The average molecular weight is 452 g/mol. The fourth-order valence-electron chi connectivity index (χ4n) is 3.35. The molecule has 3 amide bonds. The van der Waals surface area contributed by atoms with Crippen molar-refractivity contribution in [2.24, 2.45) is 5.92 Å². The molecule has 0 bridgehead atoms. The van der Waals surface area contributed by atoms with E-state index in [4.69, 9.17) is 5.11 Å². The van der Waals surface area contributed by atoms with E-state index >= 15 is 0 Å². The third-order valence-corrected chi connectivity index (χ3v) is 6.00. The maximum absolute atomic E-state index is 12.4. The van der Waals surface area contributed by atoms with Gasteiger partial charge in [0.2, 0.25) is 11.8 Å². The number of carbonyl (C=O) groups excluding carboxylic acids is 3. The van der Waals surface area contributed by atoms with Crippen LogP contribution in [0.25, 0.3) is 0 Å². The van der Waals surface area contributed by atoms with Gasteiger partial charge in [-0.2, -0.15) is 11.8 Å². The zero-order valence-electron chi connectivity index (χ0n) is 17.6. The lowest BCUT2D eigenvalue weighted by molar-refractivity contribution is -0.126. The molecule has 4 N–H and O–H groups in total. The van der Waals surface area contributed by atoms with Crippen molar-refractivity contribution in [1.82, 2.24) is 25.9 Å². The standard InChI is InChI=1S/C20H29N5O5S/c1-13(26)21-7-2-11-31-12-10-24-18(27)14-3-5-15(6-4-14)25-19(28)16-17(20(29)30)23-9-8-22-16/h8-9,14-15H,2-7,10-12H2,1H3,(H,21,26)(H,24,27)(H,25,28)(H,29,30). The SMILES string of the molecule is CC(=O)NCCCSCCNC(=O)C1CCC(NC(=O)c2nccnc2C(=O)O)CC1. The topological polar surface area (TPSA) is 150 Å². The van der Waals surface area contributed by atoms with Crippen LogP contribution in [0.15, 0.2) is 12.4 Å². The highest BCUT2D eigenvalue weighted by molar-refractivity contribution is 7.99. The Labute approximate surface area is 185 Å². The Bertz CT molecular complexity index is 783. The Morgan fingerprint density at radius 2 is 1.68 bits per heavy atom. The van der Waals surface area contributed by atoms with Crippen LogP contribution in [-0.2, 0) is 9.59 Å². The third-order valence-electron chi connectivity index (χ3n) is 4.93. The summed E-state index contributed by atoms with van der Waals surface area (Å²) in [5.41, 5.74) is -0.578. The lowest BCUT2D eigenvalue weighted by Gasteiger charge is -2.28. The van der Waals surface area contributed by atoms with Crippen LogP contribution in [0.5, 0.6) is 0 Å². The maximum atomic E-state index is 12.4. The van der Waals surface area contributed by atoms with Crippen molar-refractivity contribution in [1.29, 1.82) is 0 Å². The van der Waals surface area contributed by atoms with Crippen LogP contribution < -0.4 is 16.0 Å². The number of carbonyl (C=O) groups is 4. The number of amides is 3. The fourth-order valence-corrected chi connectivity index (χ4v) is 4.14. The molecule has 10 nitrogen and oxygen atoms in total. The Hall–Kier alpha value is -2.69. The molecule has 0 spiro atoms. The van der Waals surface area contributed by atoms with E-state index < -0.39 is 11.9 Å². The van der Waals surface area contributed by atoms with Crippen molar-refractivity contribution in [2.75, 3.05) is 24.6 Å². The summed E-state index contributed by atoms with van der Waals surface area (Å²) in [4.78, 5) is 54.2. The summed E-state index contributed by atoms with van der Waals surface area (Å²) in [6.45, 7) is 2.77. The molecule has 0 unspecified atom stereocenters. The van der Waals surface area contributed by atoms with E-state index in [-0.39, 0.29) is 35.2 Å². The number of aromatic carboxylic acids is 1. The van der Waals surface area contributed by atoms with Gasteiger partial charge in [-0.15, -0.1) is 0 Å². The minimum Gasteiger partial charge on any atom is -0.476 e. The minimum atomic E-state index is -1.30. The van der Waals surface area contributed by atoms with E-state index in [0.29, 0.717) is 38.8 Å². The maximum Gasteiger partial charge on any atom is 0.356 e. The largest absolute Gasteiger partial charge is 0.476 e. The van der Waals surface area contributed by atoms with E-state index in [9.17, 15) is 19.2 Å². The van der Waals surface area contributed by atoms with Crippen LogP contribution in [0.4, 0.5) is 0 Å². The number of rotatable bonds is 11. The molecule has 1 aromatic rings. The molecule has 31 heavy (non-hydrogen) atoms. The zero-order valence-corrected chi connectivity index (χ0v) is 18.4. The van der Waals surface area contributed by atoms with E-state index in [2.05, 4.69) is 25.9 Å². The van der Waals surface area contributed by atoms with Crippen LogP contribution in [0.1, 0.15) is 60.0 Å².